The van der Waals surface area contributed by atoms with Crippen LogP contribution in [0, 0.1) is 0 Å². The van der Waals surface area contributed by atoms with Crippen LogP contribution in [0.25, 0.3) is 0 Å². The number of quaternary nitrogens is 1. The van der Waals surface area contributed by atoms with Gasteiger partial charge >= 0.3 is 0 Å². The topological polar surface area (TPSA) is 49.2 Å². The van der Waals surface area contributed by atoms with Gasteiger partial charge in [0.15, 0.2) is 0 Å². The number of nitrogens with zero attached hydrogens (tertiary/aromatic N) is 1. The molecule has 130 valence electrons. The van der Waals surface area contributed by atoms with E-state index < -0.39 is 0 Å². The standard InChI is InChI=1S/C23H22N2O/c26-25-21-16-20(17-10-4-1-5-11-17)24-23(19-14-8-3-9-15-19)22(21)18-12-6-2-7-13-18/h1-15,20,22-24,26H,16H2/p+1/b25-21-/t20-,22-,23+/m1/s1. The summed E-state index contributed by atoms with van der Waals surface area (Å²) in [6.45, 7) is 0. The fraction of sp³-hybridized carbons (Fsp3) is 0.174. The van der Waals surface area contributed by atoms with Gasteiger partial charge in [-0.2, -0.15) is 0 Å². The Labute approximate surface area is 154 Å². The molecular formula is C23H23N2O+. The summed E-state index contributed by atoms with van der Waals surface area (Å²) in [5.41, 5.74) is 4.56. The molecule has 1 aliphatic heterocycles. The first-order valence-electron chi connectivity index (χ1n) is 9.07. The lowest BCUT2D eigenvalue weighted by Gasteiger charge is -2.35. The first-order valence-corrected chi connectivity index (χ1v) is 9.07. The monoisotopic (exact) mass is 343 g/mol. The van der Waals surface area contributed by atoms with Gasteiger partial charge in [0.05, 0.1) is 11.6 Å². The Bertz CT molecular complexity index is 862. The van der Waals surface area contributed by atoms with Crippen LogP contribution in [-0.2, 0) is 0 Å². The molecule has 1 heterocycles. The number of hydrogen-bond acceptors (Lipinski definition) is 2. The highest BCUT2D eigenvalue weighted by Gasteiger charge is 2.41. The van der Waals surface area contributed by atoms with E-state index in [1.807, 2.05) is 18.2 Å². The Kier molecular flexibility index (Phi) is 4.80. The smallest absolute Gasteiger partial charge is 0.124 e. The Balaban J connectivity index is 1.78. The lowest BCUT2D eigenvalue weighted by Crippen LogP contribution is -2.89. The molecule has 3 atom stereocenters. The van der Waals surface area contributed by atoms with Gasteiger partial charge in [-0.25, -0.2) is 0 Å². The minimum atomic E-state index is 0.0589. The molecular weight excluding hydrogens is 320 g/mol. The van der Waals surface area contributed by atoms with Crippen LogP contribution in [0.15, 0.2) is 96.2 Å². The lowest BCUT2D eigenvalue weighted by atomic mass is 9.77. The van der Waals surface area contributed by atoms with Crippen LogP contribution >= 0.6 is 0 Å². The molecule has 3 N–H and O–H groups in total. The van der Waals surface area contributed by atoms with Crippen molar-refractivity contribution in [2.75, 3.05) is 0 Å². The largest absolute Gasteiger partial charge is 0.411 e. The third-order valence-corrected chi connectivity index (χ3v) is 5.29. The zero-order valence-corrected chi connectivity index (χ0v) is 14.6. The second kappa shape index (κ2) is 7.54. The van der Waals surface area contributed by atoms with Crippen molar-refractivity contribution < 1.29 is 10.5 Å². The highest BCUT2D eigenvalue weighted by atomic mass is 16.4. The summed E-state index contributed by atoms with van der Waals surface area (Å²) in [7, 11) is 0. The van der Waals surface area contributed by atoms with E-state index in [9.17, 15) is 5.21 Å². The Hall–Kier alpha value is -2.91. The van der Waals surface area contributed by atoms with Crippen molar-refractivity contribution in [3.8, 4) is 0 Å². The first kappa shape index (κ1) is 16.6. The van der Waals surface area contributed by atoms with Crippen molar-refractivity contribution in [1.29, 1.82) is 0 Å². The normalized spacial score (nSPS) is 24.5. The van der Waals surface area contributed by atoms with Crippen LogP contribution < -0.4 is 5.32 Å². The molecule has 0 aliphatic carbocycles. The first-order chi connectivity index (χ1) is 12.9. The SMILES string of the molecule is O/N=C1/C[C@H](c2ccccc2)[NH2+][C@@H](c2ccccc2)[C@@H]1c1ccccc1. The van der Waals surface area contributed by atoms with Crippen molar-refractivity contribution in [2.24, 2.45) is 5.16 Å². The molecule has 1 fully saturated rings. The van der Waals surface area contributed by atoms with Crippen LogP contribution in [0.1, 0.15) is 41.1 Å². The summed E-state index contributed by atoms with van der Waals surface area (Å²) in [5, 5.41) is 16.0. The minimum Gasteiger partial charge on any atom is -0.411 e. The van der Waals surface area contributed by atoms with Crippen molar-refractivity contribution >= 4 is 5.71 Å². The predicted molar refractivity (Wildman–Crippen MR) is 103 cm³/mol. The van der Waals surface area contributed by atoms with Gasteiger partial charge in [-0.3, -0.25) is 0 Å². The van der Waals surface area contributed by atoms with Gasteiger partial charge < -0.3 is 10.5 Å². The van der Waals surface area contributed by atoms with E-state index in [4.69, 9.17) is 0 Å². The van der Waals surface area contributed by atoms with Gasteiger partial charge in [-0.15, -0.1) is 0 Å². The predicted octanol–water partition coefficient (Wildman–Crippen LogP) is 4.05. The minimum absolute atomic E-state index is 0.0589. The lowest BCUT2D eigenvalue weighted by molar-refractivity contribution is -0.738. The maximum absolute atomic E-state index is 9.83. The summed E-state index contributed by atoms with van der Waals surface area (Å²) < 4.78 is 0. The Morgan fingerprint density at radius 2 is 1.19 bits per heavy atom. The van der Waals surface area contributed by atoms with Crippen LogP contribution in [0.4, 0.5) is 0 Å². The van der Waals surface area contributed by atoms with Gasteiger partial charge in [0, 0.05) is 17.5 Å². The third kappa shape index (κ3) is 3.26. The fourth-order valence-electron chi connectivity index (χ4n) is 4.06. The average molecular weight is 343 g/mol. The molecule has 0 spiro atoms. The summed E-state index contributed by atoms with van der Waals surface area (Å²) in [4.78, 5) is 0. The van der Waals surface area contributed by atoms with E-state index in [1.165, 1.54) is 16.7 Å². The molecule has 0 amide bonds. The number of rotatable bonds is 3. The molecule has 1 saturated heterocycles. The molecule has 0 bridgehead atoms. The number of hydrogen-bond donors (Lipinski definition) is 2. The van der Waals surface area contributed by atoms with Gasteiger partial charge in [0.2, 0.25) is 0 Å². The highest BCUT2D eigenvalue weighted by molar-refractivity contribution is 5.92. The molecule has 1 aliphatic rings. The van der Waals surface area contributed by atoms with Crippen molar-refractivity contribution in [3.63, 3.8) is 0 Å². The van der Waals surface area contributed by atoms with E-state index in [0.29, 0.717) is 0 Å². The number of piperidine rings is 1. The summed E-state index contributed by atoms with van der Waals surface area (Å²) in [6.07, 6.45) is 0.739. The van der Waals surface area contributed by atoms with Crippen molar-refractivity contribution in [3.05, 3.63) is 108 Å². The quantitative estimate of drug-likeness (QED) is 0.547. The number of benzene rings is 3. The number of oxime groups is 1. The van der Waals surface area contributed by atoms with Crippen LogP contribution in [-0.4, -0.2) is 10.9 Å². The summed E-state index contributed by atoms with van der Waals surface area (Å²) in [5.74, 6) is 0.0589. The molecule has 4 rings (SSSR count). The molecule has 3 aromatic carbocycles. The van der Waals surface area contributed by atoms with E-state index in [-0.39, 0.29) is 18.0 Å². The maximum atomic E-state index is 9.83. The van der Waals surface area contributed by atoms with Gasteiger partial charge in [0.1, 0.15) is 12.1 Å². The van der Waals surface area contributed by atoms with E-state index >= 15 is 0 Å². The van der Waals surface area contributed by atoms with Crippen LogP contribution in [0.3, 0.4) is 0 Å². The summed E-state index contributed by atoms with van der Waals surface area (Å²) >= 11 is 0. The van der Waals surface area contributed by atoms with E-state index in [1.54, 1.807) is 0 Å². The average Bonchev–Trinajstić information content (AvgIpc) is 2.74. The molecule has 26 heavy (non-hydrogen) atoms. The zero-order chi connectivity index (χ0) is 17.8. The van der Waals surface area contributed by atoms with Crippen molar-refractivity contribution in [1.82, 2.24) is 0 Å². The second-order valence-electron chi connectivity index (χ2n) is 6.83. The van der Waals surface area contributed by atoms with Gasteiger partial charge in [0.25, 0.3) is 0 Å². The zero-order valence-electron chi connectivity index (χ0n) is 14.6. The molecule has 3 nitrogen and oxygen atoms in total. The fourth-order valence-corrected chi connectivity index (χ4v) is 4.06. The maximum Gasteiger partial charge on any atom is 0.124 e. The molecule has 0 unspecified atom stereocenters. The molecule has 0 radical (unpaired) electrons. The molecule has 3 heteroatoms. The van der Waals surface area contributed by atoms with Gasteiger partial charge in [-0.1, -0.05) is 96.2 Å². The van der Waals surface area contributed by atoms with E-state index in [2.05, 4.69) is 83.3 Å². The Morgan fingerprint density at radius 1 is 0.692 bits per heavy atom. The van der Waals surface area contributed by atoms with Crippen LogP contribution in [0.5, 0.6) is 0 Å². The molecule has 0 aromatic heterocycles. The van der Waals surface area contributed by atoms with Crippen molar-refractivity contribution in [2.45, 2.75) is 24.4 Å². The molecule has 0 saturated carbocycles. The molecule has 3 aromatic rings. The Morgan fingerprint density at radius 3 is 1.73 bits per heavy atom. The third-order valence-electron chi connectivity index (χ3n) is 5.29. The van der Waals surface area contributed by atoms with E-state index in [0.717, 1.165) is 12.1 Å². The number of nitrogens with two attached hydrogens (primary N) is 1. The highest BCUT2D eigenvalue weighted by Crippen LogP contribution is 2.36. The summed E-state index contributed by atoms with van der Waals surface area (Å²) in [6, 6.07) is 31.8. The van der Waals surface area contributed by atoms with Gasteiger partial charge in [-0.05, 0) is 5.56 Å². The van der Waals surface area contributed by atoms with Crippen LogP contribution in [0.2, 0.25) is 0 Å². The second-order valence-corrected chi connectivity index (χ2v) is 6.83.